The standard InChI is InChI=1S/C22H20N8O/c1-13-7-18-20(9-17(13)19-5-6-24-27-19)28-29-21(18)22(31)26-16-10-25-30(12-16)11-14-3-2-4-15(23)8-14/h2-10,12H,11,23H2,1H3,(H,24,27)(H,26,31)(H,28,29). The number of benzene rings is 2. The fraction of sp³-hybridized carbons (Fsp3) is 0.0909. The lowest BCUT2D eigenvalue weighted by Gasteiger charge is -2.04. The lowest BCUT2D eigenvalue weighted by molar-refractivity contribution is 0.102. The van der Waals surface area contributed by atoms with Crippen LogP contribution in [-0.2, 0) is 6.54 Å². The molecule has 3 heterocycles. The van der Waals surface area contributed by atoms with Crippen LogP contribution in [0.4, 0.5) is 11.4 Å². The molecule has 0 aliphatic carbocycles. The van der Waals surface area contributed by atoms with Gasteiger partial charge in [0.2, 0.25) is 0 Å². The molecular weight excluding hydrogens is 392 g/mol. The average Bonchev–Trinajstić information content (AvgIpc) is 3.48. The third-order valence-electron chi connectivity index (χ3n) is 5.09. The number of aryl methyl sites for hydroxylation is 1. The predicted molar refractivity (Wildman–Crippen MR) is 119 cm³/mol. The second-order valence-electron chi connectivity index (χ2n) is 7.37. The number of aromatic amines is 2. The summed E-state index contributed by atoms with van der Waals surface area (Å²) >= 11 is 0. The van der Waals surface area contributed by atoms with E-state index in [9.17, 15) is 4.79 Å². The van der Waals surface area contributed by atoms with Gasteiger partial charge in [0.1, 0.15) is 0 Å². The first kappa shape index (κ1) is 18.6. The molecule has 0 saturated heterocycles. The van der Waals surface area contributed by atoms with Crippen molar-refractivity contribution in [2.45, 2.75) is 13.5 Å². The average molecular weight is 412 g/mol. The highest BCUT2D eigenvalue weighted by Crippen LogP contribution is 2.28. The summed E-state index contributed by atoms with van der Waals surface area (Å²) < 4.78 is 1.74. The Kier molecular flexibility index (Phi) is 4.47. The van der Waals surface area contributed by atoms with Crippen LogP contribution < -0.4 is 11.1 Å². The van der Waals surface area contributed by atoms with Gasteiger partial charge in [-0.25, -0.2) is 0 Å². The van der Waals surface area contributed by atoms with Gasteiger partial charge in [0.25, 0.3) is 5.91 Å². The zero-order valence-electron chi connectivity index (χ0n) is 16.8. The van der Waals surface area contributed by atoms with E-state index in [0.29, 0.717) is 23.6 Å². The molecule has 154 valence electrons. The van der Waals surface area contributed by atoms with Gasteiger partial charge in [-0.1, -0.05) is 12.1 Å². The van der Waals surface area contributed by atoms with Crippen LogP contribution in [-0.4, -0.2) is 36.1 Å². The fourth-order valence-corrected chi connectivity index (χ4v) is 3.62. The molecule has 9 nitrogen and oxygen atoms in total. The fourth-order valence-electron chi connectivity index (χ4n) is 3.62. The quantitative estimate of drug-likeness (QED) is 0.329. The monoisotopic (exact) mass is 412 g/mol. The van der Waals surface area contributed by atoms with E-state index in [1.807, 2.05) is 49.4 Å². The van der Waals surface area contributed by atoms with Crippen LogP contribution in [0.1, 0.15) is 21.6 Å². The Bertz CT molecular complexity index is 1380. The first-order valence-corrected chi connectivity index (χ1v) is 9.74. The summed E-state index contributed by atoms with van der Waals surface area (Å²) in [4.78, 5) is 12.9. The van der Waals surface area contributed by atoms with Crippen molar-refractivity contribution in [1.29, 1.82) is 0 Å². The van der Waals surface area contributed by atoms with Crippen LogP contribution in [0.3, 0.4) is 0 Å². The number of nitrogens with two attached hydrogens (primary N) is 1. The Balaban J connectivity index is 1.36. The normalized spacial score (nSPS) is 11.1. The number of nitrogen functional groups attached to an aromatic ring is 1. The van der Waals surface area contributed by atoms with E-state index >= 15 is 0 Å². The van der Waals surface area contributed by atoms with Gasteiger partial charge in [-0.15, -0.1) is 0 Å². The number of carbonyl (C=O) groups is 1. The molecule has 0 aliphatic rings. The van der Waals surface area contributed by atoms with Crippen LogP contribution in [0, 0.1) is 6.92 Å². The number of carbonyl (C=O) groups excluding carboxylic acids is 1. The van der Waals surface area contributed by atoms with Gasteiger partial charge in [-0.2, -0.15) is 15.3 Å². The van der Waals surface area contributed by atoms with Crippen molar-refractivity contribution < 1.29 is 4.79 Å². The van der Waals surface area contributed by atoms with Gasteiger partial charge in [-0.3, -0.25) is 19.7 Å². The highest BCUT2D eigenvalue weighted by molar-refractivity contribution is 6.11. The van der Waals surface area contributed by atoms with Gasteiger partial charge < -0.3 is 11.1 Å². The molecule has 0 unspecified atom stereocenters. The lowest BCUT2D eigenvalue weighted by Crippen LogP contribution is -2.12. The minimum Gasteiger partial charge on any atom is -0.399 e. The molecule has 5 N–H and O–H groups in total. The van der Waals surface area contributed by atoms with Gasteiger partial charge >= 0.3 is 0 Å². The molecule has 5 aromatic rings. The molecule has 0 spiro atoms. The molecular formula is C22H20N8O. The molecule has 0 atom stereocenters. The minimum atomic E-state index is -0.304. The van der Waals surface area contributed by atoms with Crippen LogP contribution in [0.25, 0.3) is 22.2 Å². The maximum absolute atomic E-state index is 12.9. The smallest absolute Gasteiger partial charge is 0.276 e. The SMILES string of the molecule is Cc1cc2c(C(=O)Nc3cnn(Cc4cccc(N)c4)c3)n[nH]c2cc1-c1cc[nH]n1. The molecule has 5 rings (SSSR count). The van der Waals surface area contributed by atoms with Crippen LogP contribution in [0.2, 0.25) is 0 Å². The van der Waals surface area contributed by atoms with E-state index in [0.717, 1.165) is 33.3 Å². The Labute approximate surface area is 177 Å². The number of amides is 1. The highest BCUT2D eigenvalue weighted by atomic mass is 16.2. The zero-order chi connectivity index (χ0) is 21.4. The number of nitrogens with one attached hydrogen (secondary N) is 3. The number of hydrogen-bond acceptors (Lipinski definition) is 5. The summed E-state index contributed by atoms with van der Waals surface area (Å²) in [5, 5.41) is 22.2. The molecule has 3 aromatic heterocycles. The Morgan fingerprint density at radius 2 is 2.10 bits per heavy atom. The van der Waals surface area contributed by atoms with E-state index in [1.165, 1.54) is 0 Å². The summed E-state index contributed by atoms with van der Waals surface area (Å²) in [6, 6.07) is 13.4. The number of nitrogens with zero attached hydrogens (tertiary/aromatic N) is 4. The number of aromatic nitrogens is 6. The zero-order valence-corrected chi connectivity index (χ0v) is 16.8. The van der Waals surface area contributed by atoms with Crippen molar-refractivity contribution in [3.63, 3.8) is 0 Å². The summed E-state index contributed by atoms with van der Waals surface area (Å²) in [6.45, 7) is 2.54. The van der Waals surface area contributed by atoms with Crippen LogP contribution in [0.5, 0.6) is 0 Å². The van der Waals surface area contributed by atoms with E-state index in [-0.39, 0.29) is 5.91 Å². The first-order valence-electron chi connectivity index (χ1n) is 9.74. The second-order valence-corrected chi connectivity index (χ2v) is 7.37. The van der Waals surface area contributed by atoms with Crippen molar-refractivity contribution in [1.82, 2.24) is 30.2 Å². The van der Waals surface area contributed by atoms with Gasteiger partial charge in [0, 0.05) is 29.0 Å². The van der Waals surface area contributed by atoms with Crippen molar-refractivity contribution >= 4 is 28.2 Å². The second kappa shape index (κ2) is 7.45. The molecule has 0 aliphatic heterocycles. The number of anilines is 2. The molecule has 0 saturated carbocycles. The van der Waals surface area contributed by atoms with Crippen molar-refractivity contribution in [3.05, 3.63) is 77.9 Å². The number of H-pyrrole nitrogens is 2. The maximum Gasteiger partial charge on any atom is 0.276 e. The van der Waals surface area contributed by atoms with Crippen LogP contribution in [0.15, 0.2) is 61.1 Å². The third kappa shape index (κ3) is 3.64. The third-order valence-corrected chi connectivity index (χ3v) is 5.09. The lowest BCUT2D eigenvalue weighted by atomic mass is 10.0. The summed E-state index contributed by atoms with van der Waals surface area (Å²) in [5.74, 6) is -0.304. The van der Waals surface area contributed by atoms with Crippen molar-refractivity contribution in [3.8, 4) is 11.3 Å². The van der Waals surface area contributed by atoms with Gasteiger partial charge in [0.05, 0.1) is 29.6 Å². The van der Waals surface area contributed by atoms with E-state index in [1.54, 1.807) is 23.3 Å². The summed E-state index contributed by atoms with van der Waals surface area (Å²) in [7, 11) is 0. The Morgan fingerprint density at radius 3 is 2.90 bits per heavy atom. The van der Waals surface area contributed by atoms with Crippen molar-refractivity contribution in [2.24, 2.45) is 0 Å². The number of rotatable bonds is 5. The minimum absolute atomic E-state index is 0.304. The molecule has 0 bridgehead atoms. The molecule has 9 heteroatoms. The predicted octanol–water partition coefficient (Wildman–Crippen LogP) is 3.34. The molecule has 0 fully saturated rings. The Hall–Kier alpha value is -4.40. The first-order chi connectivity index (χ1) is 15.1. The van der Waals surface area contributed by atoms with E-state index < -0.39 is 0 Å². The van der Waals surface area contributed by atoms with Gasteiger partial charge in [-0.05, 0) is 48.4 Å². The van der Waals surface area contributed by atoms with E-state index in [2.05, 4.69) is 30.8 Å². The van der Waals surface area contributed by atoms with Gasteiger partial charge in [0.15, 0.2) is 5.69 Å². The molecule has 1 amide bonds. The molecule has 31 heavy (non-hydrogen) atoms. The highest BCUT2D eigenvalue weighted by Gasteiger charge is 2.17. The summed E-state index contributed by atoms with van der Waals surface area (Å²) in [6.07, 6.45) is 5.16. The largest absolute Gasteiger partial charge is 0.399 e. The molecule has 0 radical (unpaired) electrons. The van der Waals surface area contributed by atoms with E-state index in [4.69, 9.17) is 5.73 Å². The number of fused-ring (bicyclic) bond motifs is 1. The summed E-state index contributed by atoms with van der Waals surface area (Å²) in [5.41, 5.74) is 12.1. The number of hydrogen-bond donors (Lipinski definition) is 4. The topological polar surface area (TPSA) is 130 Å². The Morgan fingerprint density at radius 1 is 1.19 bits per heavy atom. The van der Waals surface area contributed by atoms with Crippen LogP contribution >= 0.6 is 0 Å². The molecule has 2 aromatic carbocycles. The maximum atomic E-state index is 12.9. The van der Waals surface area contributed by atoms with Crippen molar-refractivity contribution in [2.75, 3.05) is 11.1 Å².